The molecular weight excluding hydrogens is 272 g/mol. The van der Waals surface area contributed by atoms with Gasteiger partial charge in [-0.1, -0.05) is 0 Å². The van der Waals surface area contributed by atoms with Gasteiger partial charge in [-0.05, 0) is 49.4 Å². The summed E-state index contributed by atoms with van der Waals surface area (Å²) in [6.45, 7) is 1.59. The number of carbonyl (C=O) groups is 1. The van der Waals surface area contributed by atoms with Gasteiger partial charge in [0.25, 0.3) is 5.91 Å². The van der Waals surface area contributed by atoms with E-state index in [2.05, 4.69) is 10.5 Å². The summed E-state index contributed by atoms with van der Waals surface area (Å²) in [6, 6.07) is 9.75. The molecule has 0 atom stereocenters. The smallest absolute Gasteiger partial charge is 0.271 e. The fraction of sp³-hybridized carbons (Fsp3) is 0.0667. The number of aromatic hydroxyl groups is 3. The predicted molar refractivity (Wildman–Crippen MR) is 77.6 cm³/mol. The van der Waals surface area contributed by atoms with Crippen LogP contribution in [0, 0.1) is 0 Å². The predicted octanol–water partition coefficient (Wildman–Crippen LogP) is 1.96. The Morgan fingerprint density at radius 3 is 2.29 bits per heavy atom. The van der Waals surface area contributed by atoms with E-state index < -0.39 is 5.91 Å². The van der Waals surface area contributed by atoms with E-state index >= 15 is 0 Å². The van der Waals surface area contributed by atoms with E-state index in [1.165, 1.54) is 42.5 Å². The molecule has 0 heterocycles. The van der Waals surface area contributed by atoms with Crippen LogP contribution >= 0.6 is 0 Å². The highest BCUT2D eigenvalue weighted by Crippen LogP contribution is 2.22. The average Bonchev–Trinajstić information content (AvgIpc) is 2.47. The highest BCUT2D eigenvalue weighted by molar-refractivity contribution is 6.02. The molecule has 0 spiro atoms. The van der Waals surface area contributed by atoms with Gasteiger partial charge in [0.1, 0.15) is 17.2 Å². The second kappa shape index (κ2) is 5.96. The number of hydrogen-bond donors (Lipinski definition) is 4. The van der Waals surface area contributed by atoms with Crippen molar-refractivity contribution >= 4 is 11.6 Å². The maximum atomic E-state index is 11.8. The third kappa shape index (κ3) is 3.50. The summed E-state index contributed by atoms with van der Waals surface area (Å²) in [5, 5.41) is 32.1. The van der Waals surface area contributed by atoms with E-state index in [1.54, 1.807) is 6.92 Å². The van der Waals surface area contributed by atoms with E-state index in [4.69, 9.17) is 5.11 Å². The van der Waals surface area contributed by atoms with Crippen molar-refractivity contribution in [2.45, 2.75) is 6.92 Å². The van der Waals surface area contributed by atoms with Crippen molar-refractivity contribution in [3.05, 3.63) is 53.6 Å². The molecule has 0 bridgehead atoms. The summed E-state index contributed by atoms with van der Waals surface area (Å²) in [4.78, 5) is 11.8. The zero-order valence-electron chi connectivity index (χ0n) is 11.2. The molecule has 0 unspecified atom stereocenters. The monoisotopic (exact) mass is 286 g/mol. The van der Waals surface area contributed by atoms with Gasteiger partial charge in [0.15, 0.2) is 0 Å². The van der Waals surface area contributed by atoms with Crippen LogP contribution in [0.2, 0.25) is 0 Å². The van der Waals surface area contributed by atoms with Crippen molar-refractivity contribution in [1.82, 2.24) is 5.43 Å². The van der Waals surface area contributed by atoms with E-state index in [0.29, 0.717) is 16.8 Å². The van der Waals surface area contributed by atoms with E-state index in [0.717, 1.165) is 0 Å². The first-order valence-electron chi connectivity index (χ1n) is 6.13. The molecule has 1 amide bonds. The number of hydrogen-bond acceptors (Lipinski definition) is 5. The van der Waals surface area contributed by atoms with Gasteiger partial charge in [-0.15, -0.1) is 0 Å². The van der Waals surface area contributed by atoms with Crippen molar-refractivity contribution in [2.24, 2.45) is 5.10 Å². The number of hydrazone groups is 1. The average molecular weight is 286 g/mol. The number of amides is 1. The molecule has 0 fully saturated rings. The largest absolute Gasteiger partial charge is 0.508 e. The summed E-state index contributed by atoms with van der Waals surface area (Å²) in [5.41, 5.74) is 3.34. The Balaban J connectivity index is 2.14. The lowest BCUT2D eigenvalue weighted by Crippen LogP contribution is -2.19. The lowest BCUT2D eigenvalue weighted by Gasteiger charge is -2.06. The first-order valence-corrected chi connectivity index (χ1v) is 6.13. The summed E-state index contributed by atoms with van der Waals surface area (Å²) in [6.07, 6.45) is 0. The number of phenolic OH excluding ortho intramolecular Hbond substituents is 3. The van der Waals surface area contributed by atoms with Gasteiger partial charge < -0.3 is 15.3 Å². The minimum absolute atomic E-state index is 0.0118. The number of nitrogens with zero attached hydrogens (tertiary/aromatic N) is 1. The van der Waals surface area contributed by atoms with E-state index in [9.17, 15) is 15.0 Å². The third-order valence-electron chi connectivity index (χ3n) is 2.82. The van der Waals surface area contributed by atoms with E-state index in [1.807, 2.05) is 0 Å². The molecule has 6 heteroatoms. The molecule has 0 saturated carbocycles. The van der Waals surface area contributed by atoms with Crippen LogP contribution in [0.5, 0.6) is 17.2 Å². The van der Waals surface area contributed by atoms with Gasteiger partial charge in [-0.2, -0.15) is 5.10 Å². The molecule has 2 rings (SSSR count). The fourth-order valence-electron chi connectivity index (χ4n) is 1.69. The second-order valence-electron chi connectivity index (χ2n) is 4.39. The van der Waals surface area contributed by atoms with Crippen molar-refractivity contribution in [3.8, 4) is 17.2 Å². The standard InChI is InChI=1S/C15H14N2O4/c1-9(13-8-12(19)6-7-14(13)20)16-17-15(21)10-2-4-11(18)5-3-10/h2-8,18-20H,1H3,(H,17,21). The van der Waals surface area contributed by atoms with Crippen molar-refractivity contribution in [2.75, 3.05) is 0 Å². The van der Waals surface area contributed by atoms with Crippen LogP contribution in [0.15, 0.2) is 47.6 Å². The molecule has 0 aromatic heterocycles. The summed E-state index contributed by atoms with van der Waals surface area (Å²) < 4.78 is 0. The zero-order valence-corrected chi connectivity index (χ0v) is 11.2. The fourth-order valence-corrected chi connectivity index (χ4v) is 1.69. The Kier molecular flexibility index (Phi) is 4.08. The van der Waals surface area contributed by atoms with Crippen LogP contribution in [-0.2, 0) is 0 Å². The molecule has 6 nitrogen and oxygen atoms in total. The molecule has 0 aliphatic heterocycles. The van der Waals surface area contributed by atoms with Crippen LogP contribution in [0.1, 0.15) is 22.8 Å². The molecule has 0 aliphatic carbocycles. The van der Waals surface area contributed by atoms with E-state index in [-0.39, 0.29) is 17.2 Å². The maximum Gasteiger partial charge on any atom is 0.271 e. The van der Waals surface area contributed by atoms with Crippen molar-refractivity contribution < 1.29 is 20.1 Å². The molecule has 0 aliphatic rings. The normalized spacial score (nSPS) is 11.2. The quantitative estimate of drug-likeness (QED) is 0.393. The van der Waals surface area contributed by atoms with Gasteiger partial charge in [0, 0.05) is 11.1 Å². The SMILES string of the molecule is CC(=NNC(=O)c1ccc(O)cc1)c1cc(O)ccc1O. The molecule has 2 aromatic rings. The molecule has 21 heavy (non-hydrogen) atoms. The minimum Gasteiger partial charge on any atom is -0.508 e. The second-order valence-corrected chi connectivity index (χ2v) is 4.39. The highest BCUT2D eigenvalue weighted by Gasteiger charge is 2.08. The van der Waals surface area contributed by atoms with Crippen LogP contribution in [0.25, 0.3) is 0 Å². The molecule has 0 saturated heterocycles. The third-order valence-corrected chi connectivity index (χ3v) is 2.82. The molecule has 4 N–H and O–H groups in total. The number of carbonyl (C=O) groups excluding carboxylic acids is 1. The topological polar surface area (TPSA) is 102 Å². The summed E-state index contributed by atoms with van der Waals surface area (Å²) in [5.74, 6) is -0.444. The molecule has 0 radical (unpaired) electrons. The number of phenols is 3. The van der Waals surface area contributed by atoms with Gasteiger partial charge in [-0.25, -0.2) is 5.43 Å². The highest BCUT2D eigenvalue weighted by atomic mass is 16.3. The van der Waals surface area contributed by atoms with Gasteiger partial charge in [-0.3, -0.25) is 4.79 Å². The zero-order chi connectivity index (χ0) is 15.4. The van der Waals surface area contributed by atoms with Crippen molar-refractivity contribution in [1.29, 1.82) is 0 Å². The summed E-state index contributed by atoms with van der Waals surface area (Å²) in [7, 11) is 0. The molecule has 2 aromatic carbocycles. The first-order chi connectivity index (χ1) is 9.97. The lowest BCUT2D eigenvalue weighted by atomic mass is 10.1. The lowest BCUT2D eigenvalue weighted by molar-refractivity contribution is 0.0955. The van der Waals surface area contributed by atoms with Crippen molar-refractivity contribution in [3.63, 3.8) is 0 Å². The first kappa shape index (κ1) is 14.4. The van der Waals surface area contributed by atoms with Gasteiger partial charge in [0.2, 0.25) is 0 Å². The number of rotatable bonds is 3. The minimum atomic E-state index is -0.450. The van der Waals surface area contributed by atoms with Crippen LogP contribution in [0.4, 0.5) is 0 Å². The Bertz CT molecular complexity index is 693. The Morgan fingerprint density at radius 2 is 1.62 bits per heavy atom. The summed E-state index contributed by atoms with van der Waals surface area (Å²) >= 11 is 0. The van der Waals surface area contributed by atoms with Crippen LogP contribution < -0.4 is 5.43 Å². The maximum absolute atomic E-state index is 11.8. The molecule has 108 valence electrons. The Labute approximate surface area is 121 Å². The number of nitrogens with one attached hydrogen (secondary N) is 1. The van der Waals surface area contributed by atoms with Gasteiger partial charge >= 0.3 is 0 Å². The van der Waals surface area contributed by atoms with Crippen LogP contribution in [-0.4, -0.2) is 26.9 Å². The number of benzene rings is 2. The van der Waals surface area contributed by atoms with Crippen LogP contribution in [0.3, 0.4) is 0 Å². The van der Waals surface area contributed by atoms with Gasteiger partial charge in [0.05, 0.1) is 5.71 Å². The Hall–Kier alpha value is -3.02. The molecular formula is C15H14N2O4. The Morgan fingerprint density at radius 1 is 1.00 bits per heavy atom.